The van der Waals surface area contributed by atoms with Crippen molar-refractivity contribution in [2.45, 2.75) is 32.5 Å². The fourth-order valence-electron chi connectivity index (χ4n) is 1.74. The molecule has 5 heteroatoms. The lowest BCUT2D eigenvalue weighted by Gasteiger charge is -2.15. The Hall–Kier alpha value is -1.65. The van der Waals surface area contributed by atoms with E-state index in [-0.39, 0.29) is 11.2 Å². The molecule has 1 aromatic carbocycles. The number of alkyl halides is 3. The van der Waals surface area contributed by atoms with Crippen LogP contribution in [-0.4, -0.2) is 11.3 Å². The second-order valence-electron chi connectivity index (χ2n) is 5.20. The normalized spacial score (nSPS) is 13.0. The maximum atomic E-state index is 12.3. The van der Waals surface area contributed by atoms with Gasteiger partial charge >= 0.3 is 6.36 Å². The van der Waals surface area contributed by atoms with E-state index in [0.29, 0.717) is 10.9 Å². The van der Waals surface area contributed by atoms with Crippen molar-refractivity contribution in [2.24, 2.45) is 0 Å². The zero-order valence-electron chi connectivity index (χ0n) is 10.4. The van der Waals surface area contributed by atoms with Gasteiger partial charge in [0.25, 0.3) is 0 Å². The van der Waals surface area contributed by atoms with Gasteiger partial charge in [-0.2, -0.15) is 0 Å². The largest absolute Gasteiger partial charge is 0.573 e. The van der Waals surface area contributed by atoms with Crippen LogP contribution in [0.3, 0.4) is 0 Å². The van der Waals surface area contributed by atoms with Crippen molar-refractivity contribution in [3.63, 3.8) is 0 Å². The van der Waals surface area contributed by atoms with E-state index in [1.54, 1.807) is 12.1 Å². The third-order valence-corrected chi connectivity index (χ3v) is 2.65. The van der Waals surface area contributed by atoms with Crippen LogP contribution in [0.5, 0.6) is 5.75 Å². The molecule has 0 aliphatic rings. The number of benzene rings is 1. The number of hydrogen-bond donors (Lipinski definition) is 1. The Morgan fingerprint density at radius 2 is 1.78 bits per heavy atom. The molecule has 2 nitrogen and oxygen atoms in total. The Labute approximate surface area is 103 Å². The number of fused-ring (bicyclic) bond motifs is 1. The lowest BCUT2D eigenvalue weighted by Crippen LogP contribution is -2.17. The first-order valence-corrected chi connectivity index (χ1v) is 5.55. The molecule has 1 N–H and O–H groups in total. The molecular formula is C13H14F3NO. The van der Waals surface area contributed by atoms with Crippen LogP contribution in [0, 0.1) is 0 Å². The number of hydrogen-bond acceptors (Lipinski definition) is 1. The maximum absolute atomic E-state index is 12.3. The van der Waals surface area contributed by atoms with Crippen LogP contribution in [0.2, 0.25) is 0 Å². The van der Waals surface area contributed by atoms with Crippen molar-refractivity contribution in [1.82, 2.24) is 4.98 Å². The van der Waals surface area contributed by atoms with Gasteiger partial charge < -0.3 is 9.72 Å². The fraction of sp³-hybridized carbons (Fsp3) is 0.385. The van der Waals surface area contributed by atoms with Gasteiger partial charge in [-0.05, 0) is 12.1 Å². The molecule has 1 aromatic heterocycles. The van der Waals surface area contributed by atoms with Crippen LogP contribution in [0.1, 0.15) is 26.5 Å². The van der Waals surface area contributed by atoms with E-state index in [2.05, 4.69) is 9.72 Å². The van der Waals surface area contributed by atoms with E-state index in [1.165, 1.54) is 6.07 Å². The molecule has 0 saturated heterocycles. The molecular weight excluding hydrogens is 243 g/mol. The van der Waals surface area contributed by atoms with Gasteiger partial charge in [0.1, 0.15) is 0 Å². The predicted molar refractivity (Wildman–Crippen MR) is 63.7 cm³/mol. The summed E-state index contributed by atoms with van der Waals surface area (Å²) >= 11 is 0. The Balaban J connectivity index is 2.53. The molecule has 0 atom stereocenters. The molecule has 98 valence electrons. The second kappa shape index (κ2) is 3.93. The highest BCUT2D eigenvalue weighted by Gasteiger charge is 2.32. The second-order valence-corrected chi connectivity index (χ2v) is 5.20. The highest BCUT2D eigenvalue weighted by atomic mass is 19.4. The minimum atomic E-state index is -4.68. The Kier molecular flexibility index (Phi) is 2.80. The summed E-state index contributed by atoms with van der Waals surface area (Å²) in [5.41, 5.74) is 1.09. The molecule has 1 heterocycles. The summed E-state index contributed by atoms with van der Waals surface area (Å²) in [6, 6.07) is 6.45. The molecule has 0 radical (unpaired) electrons. The van der Waals surface area contributed by atoms with Crippen LogP contribution < -0.4 is 4.74 Å². The average molecular weight is 257 g/mol. The molecule has 2 rings (SSSR count). The Morgan fingerprint density at radius 3 is 2.33 bits per heavy atom. The number of rotatable bonds is 1. The van der Waals surface area contributed by atoms with Gasteiger partial charge in [0, 0.05) is 16.5 Å². The first-order chi connectivity index (χ1) is 8.17. The summed E-state index contributed by atoms with van der Waals surface area (Å²) in [5, 5.41) is 0.710. The smallest absolute Gasteiger partial charge is 0.404 e. The van der Waals surface area contributed by atoms with Crippen LogP contribution in [0.25, 0.3) is 10.9 Å². The van der Waals surface area contributed by atoms with E-state index in [4.69, 9.17) is 0 Å². The summed E-state index contributed by atoms with van der Waals surface area (Å²) in [6.45, 7) is 5.96. The highest BCUT2D eigenvalue weighted by Crippen LogP contribution is 2.33. The van der Waals surface area contributed by atoms with Crippen LogP contribution in [0.15, 0.2) is 24.3 Å². The summed E-state index contributed by atoms with van der Waals surface area (Å²) in [5.74, 6) is -0.199. The third kappa shape index (κ3) is 2.60. The SMILES string of the molecule is CC(C)(C)c1cc2cccc(OC(F)(F)F)c2[nH]1. The molecule has 0 fully saturated rings. The maximum Gasteiger partial charge on any atom is 0.573 e. The van der Waals surface area contributed by atoms with Crippen molar-refractivity contribution >= 4 is 10.9 Å². The first kappa shape index (κ1) is 12.8. The quantitative estimate of drug-likeness (QED) is 0.806. The minimum Gasteiger partial charge on any atom is -0.404 e. The lowest BCUT2D eigenvalue weighted by atomic mass is 9.92. The van der Waals surface area contributed by atoms with Crippen molar-refractivity contribution < 1.29 is 17.9 Å². The summed E-state index contributed by atoms with van der Waals surface area (Å²) in [7, 11) is 0. The number of para-hydroxylation sites is 1. The van der Waals surface area contributed by atoms with Gasteiger partial charge in [0.05, 0.1) is 5.52 Å². The molecule has 0 saturated carbocycles. The molecule has 0 spiro atoms. The summed E-state index contributed by atoms with van der Waals surface area (Å²) < 4.78 is 40.8. The molecule has 0 unspecified atom stereocenters. The molecule has 0 aliphatic heterocycles. The van der Waals surface area contributed by atoms with E-state index in [9.17, 15) is 13.2 Å². The zero-order chi connectivity index (χ0) is 13.6. The number of halogens is 3. The standard InChI is InChI=1S/C13H14F3NO/c1-12(2,3)10-7-8-5-4-6-9(11(8)17-10)18-13(14,15)16/h4-7,17H,1-3H3. The fourth-order valence-corrected chi connectivity index (χ4v) is 1.74. The lowest BCUT2D eigenvalue weighted by molar-refractivity contribution is -0.274. The molecule has 18 heavy (non-hydrogen) atoms. The zero-order valence-corrected chi connectivity index (χ0v) is 10.4. The van der Waals surface area contributed by atoms with Crippen LogP contribution >= 0.6 is 0 Å². The monoisotopic (exact) mass is 257 g/mol. The minimum absolute atomic E-state index is 0.158. The third-order valence-electron chi connectivity index (χ3n) is 2.65. The predicted octanol–water partition coefficient (Wildman–Crippen LogP) is 4.36. The topological polar surface area (TPSA) is 25.0 Å². The number of ether oxygens (including phenoxy) is 1. The number of H-pyrrole nitrogens is 1. The van der Waals surface area contributed by atoms with Gasteiger partial charge in [-0.25, -0.2) is 0 Å². The molecule has 2 aromatic rings. The summed E-state index contributed by atoms with van der Waals surface area (Å²) in [6.07, 6.45) is -4.68. The van der Waals surface area contributed by atoms with Crippen molar-refractivity contribution in [3.8, 4) is 5.75 Å². The Bertz CT molecular complexity index is 564. The molecule has 0 bridgehead atoms. The number of aromatic nitrogens is 1. The van der Waals surface area contributed by atoms with E-state index >= 15 is 0 Å². The average Bonchev–Trinajstić information content (AvgIpc) is 2.59. The van der Waals surface area contributed by atoms with Gasteiger partial charge in [-0.15, -0.1) is 13.2 Å². The van der Waals surface area contributed by atoms with Crippen LogP contribution in [0.4, 0.5) is 13.2 Å². The van der Waals surface area contributed by atoms with E-state index < -0.39 is 6.36 Å². The first-order valence-electron chi connectivity index (χ1n) is 5.55. The summed E-state index contributed by atoms with van der Waals surface area (Å²) in [4.78, 5) is 3.00. The molecule has 0 aliphatic carbocycles. The number of nitrogens with one attached hydrogen (secondary N) is 1. The van der Waals surface area contributed by atoms with Gasteiger partial charge in [0.15, 0.2) is 5.75 Å². The van der Waals surface area contributed by atoms with Gasteiger partial charge in [-0.3, -0.25) is 0 Å². The van der Waals surface area contributed by atoms with Gasteiger partial charge in [-0.1, -0.05) is 32.9 Å². The van der Waals surface area contributed by atoms with Crippen molar-refractivity contribution in [3.05, 3.63) is 30.0 Å². The van der Waals surface area contributed by atoms with Crippen molar-refractivity contribution in [1.29, 1.82) is 0 Å². The van der Waals surface area contributed by atoms with E-state index in [0.717, 1.165) is 5.69 Å². The highest BCUT2D eigenvalue weighted by molar-refractivity contribution is 5.86. The van der Waals surface area contributed by atoms with Gasteiger partial charge in [0.2, 0.25) is 0 Å². The van der Waals surface area contributed by atoms with Crippen molar-refractivity contribution in [2.75, 3.05) is 0 Å². The van der Waals surface area contributed by atoms with Crippen LogP contribution in [-0.2, 0) is 5.41 Å². The van der Waals surface area contributed by atoms with E-state index in [1.807, 2.05) is 26.8 Å². The number of aromatic amines is 1. The molecule has 0 amide bonds. The Morgan fingerprint density at radius 1 is 1.11 bits per heavy atom.